The number of hydrogen-bond donors (Lipinski definition) is 0. The van der Waals surface area contributed by atoms with Gasteiger partial charge in [0.1, 0.15) is 9.52 Å². The number of hydrogen-bond acceptors (Lipinski definition) is 5. The first-order valence-corrected chi connectivity index (χ1v) is 14.1. The average Bonchev–Trinajstić information content (AvgIpc) is 3.29. The lowest BCUT2D eigenvalue weighted by Gasteiger charge is -2.34. The van der Waals surface area contributed by atoms with Gasteiger partial charge in [-0.2, -0.15) is 0 Å². The van der Waals surface area contributed by atoms with E-state index in [-0.39, 0.29) is 0 Å². The van der Waals surface area contributed by atoms with E-state index >= 15 is 0 Å². The summed E-state index contributed by atoms with van der Waals surface area (Å²) < 4.78 is 0. The van der Waals surface area contributed by atoms with E-state index in [1.807, 2.05) is 24.0 Å². The van der Waals surface area contributed by atoms with Crippen LogP contribution in [0.25, 0.3) is 0 Å². The third-order valence-corrected chi connectivity index (χ3v) is 9.08. The summed E-state index contributed by atoms with van der Waals surface area (Å²) in [5.41, 5.74) is 7.30. The maximum atomic E-state index is 4.56. The molecule has 0 fully saturated rings. The second-order valence-electron chi connectivity index (χ2n) is 9.20. The minimum atomic E-state index is 0.516. The lowest BCUT2D eigenvalue weighted by Crippen LogP contribution is -2.30. The van der Waals surface area contributed by atoms with E-state index in [1.54, 1.807) is 0 Å². The van der Waals surface area contributed by atoms with Crippen LogP contribution in [0.3, 0.4) is 0 Å². The number of rotatable bonds is 4. The third-order valence-electron chi connectivity index (χ3n) is 6.80. The van der Waals surface area contributed by atoms with Crippen LogP contribution in [0.2, 0.25) is 0 Å². The lowest BCUT2D eigenvalue weighted by molar-refractivity contribution is 0.949. The van der Waals surface area contributed by atoms with Gasteiger partial charge in [-0.1, -0.05) is 59.4 Å². The van der Waals surface area contributed by atoms with Crippen LogP contribution in [0.5, 0.6) is 0 Å². The highest BCUT2D eigenvalue weighted by Crippen LogP contribution is 2.51. The molecule has 178 valence electrons. The van der Waals surface area contributed by atoms with Gasteiger partial charge < -0.3 is 14.7 Å². The SMILES string of the molecule is CN1CN(c2cccc(N3c4ccccc4Sc4ccc([Si]c5ccccn5)cc43)c2)c2ccccc21. The van der Waals surface area contributed by atoms with Crippen LogP contribution in [0.1, 0.15) is 0 Å². The van der Waals surface area contributed by atoms with Gasteiger partial charge in [0.05, 0.1) is 29.4 Å². The Balaban J connectivity index is 1.33. The lowest BCUT2D eigenvalue weighted by atomic mass is 10.1. The van der Waals surface area contributed by atoms with Crippen LogP contribution in [0.4, 0.5) is 34.1 Å². The predicted octanol–water partition coefficient (Wildman–Crippen LogP) is 6.22. The van der Waals surface area contributed by atoms with E-state index in [2.05, 4.69) is 130 Å². The van der Waals surface area contributed by atoms with Crippen molar-refractivity contribution in [2.45, 2.75) is 9.79 Å². The molecule has 3 heterocycles. The molecule has 37 heavy (non-hydrogen) atoms. The number of para-hydroxylation sites is 3. The summed E-state index contributed by atoms with van der Waals surface area (Å²) in [6.07, 6.45) is 1.87. The van der Waals surface area contributed by atoms with Gasteiger partial charge in [0.15, 0.2) is 0 Å². The van der Waals surface area contributed by atoms with E-state index in [0.717, 1.165) is 17.7 Å². The van der Waals surface area contributed by atoms with E-state index < -0.39 is 0 Å². The zero-order valence-electron chi connectivity index (χ0n) is 20.4. The summed E-state index contributed by atoms with van der Waals surface area (Å²) in [6.45, 7) is 0.834. The van der Waals surface area contributed by atoms with Gasteiger partial charge in [0.2, 0.25) is 0 Å². The molecule has 2 aliphatic heterocycles. The van der Waals surface area contributed by atoms with Gasteiger partial charge in [-0.3, -0.25) is 4.98 Å². The van der Waals surface area contributed by atoms with Crippen LogP contribution < -0.4 is 25.2 Å². The molecular weight excluding hydrogens is 489 g/mol. The normalized spacial score (nSPS) is 13.8. The smallest absolute Gasteiger partial charge is 0.147 e. The van der Waals surface area contributed by atoms with Crippen molar-refractivity contribution in [1.29, 1.82) is 0 Å². The number of pyridine rings is 1. The van der Waals surface area contributed by atoms with Crippen molar-refractivity contribution in [3.05, 3.63) is 115 Å². The van der Waals surface area contributed by atoms with Crippen LogP contribution in [-0.4, -0.2) is 28.2 Å². The molecule has 0 spiro atoms. The van der Waals surface area contributed by atoms with Crippen molar-refractivity contribution in [2.75, 3.05) is 28.4 Å². The van der Waals surface area contributed by atoms with Crippen LogP contribution in [0.15, 0.2) is 125 Å². The van der Waals surface area contributed by atoms with E-state index in [1.165, 1.54) is 43.4 Å². The Hall–Kier alpha value is -4.00. The van der Waals surface area contributed by atoms with Gasteiger partial charge in [0, 0.05) is 39.7 Å². The molecule has 7 rings (SSSR count). The molecule has 0 N–H and O–H groups in total. The summed E-state index contributed by atoms with van der Waals surface area (Å²) in [5, 5.41) is 2.39. The summed E-state index contributed by atoms with van der Waals surface area (Å²) in [5.74, 6) is 0. The number of anilines is 6. The molecule has 0 atom stereocenters. The maximum Gasteiger partial charge on any atom is 0.147 e. The Morgan fingerprint density at radius 3 is 2.30 bits per heavy atom. The summed E-state index contributed by atoms with van der Waals surface area (Å²) in [6, 6.07) is 39.3. The molecular formula is C31H24N4SSi. The molecule has 0 unspecified atom stereocenters. The van der Waals surface area contributed by atoms with Crippen molar-refractivity contribution < 1.29 is 0 Å². The fourth-order valence-corrected chi connectivity index (χ4v) is 7.12. The standard InChI is InChI=1S/C31H24N4SSi/c1-33-21-34(26-12-3-2-11-25(26)33)22-9-8-10-23(19-22)35-27-13-4-5-14-29(27)36-30-17-16-24(20-28(30)35)37-31-15-6-7-18-32-31/h2-20H,21H2,1H3. The molecule has 2 aliphatic rings. The molecule has 0 bridgehead atoms. The molecule has 0 amide bonds. The Labute approximate surface area is 224 Å². The molecule has 1 aromatic heterocycles. The van der Waals surface area contributed by atoms with Crippen LogP contribution in [0, 0.1) is 0 Å². The van der Waals surface area contributed by atoms with Gasteiger partial charge in [-0.05, 0) is 66.7 Å². The topological polar surface area (TPSA) is 22.6 Å². The van der Waals surface area contributed by atoms with Crippen molar-refractivity contribution in [2.24, 2.45) is 0 Å². The Bertz CT molecular complexity index is 1610. The predicted molar refractivity (Wildman–Crippen MR) is 156 cm³/mol. The summed E-state index contributed by atoms with van der Waals surface area (Å²) in [7, 11) is 2.67. The van der Waals surface area contributed by atoms with Crippen molar-refractivity contribution in [3.63, 3.8) is 0 Å². The first kappa shape index (κ1) is 22.2. The third kappa shape index (κ3) is 3.99. The minimum absolute atomic E-state index is 0.516. The van der Waals surface area contributed by atoms with E-state index in [4.69, 9.17) is 0 Å². The molecule has 2 radical (unpaired) electrons. The molecule has 6 heteroatoms. The van der Waals surface area contributed by atoms with Crippen molar-refractivity contribution >= 4 is 65.9 Å². The first-order chi connectivity index (χ1) is 18.2. The maximum absolute atomic E-state index is 4.56. The molecule has 0 aliphatic carbocycles. The highest BCUT2D eigenvalue weighted by molar-refractivity contribution is 7.99. The van der Waals surface area contributed by atoms with E-state index in [0.29, 0.717) is 9.52 Å². The van der Waals surface area contributed by atoms with Crippen molar-refractivity contribution in [3.8, 4) is 0 Å². The second kappa shape index (κ2) is 9.14. The molecule has 0 saturated heterocycles. The second-order valence-corrected chi connectivity index (χ2v) is 11.6. The summed E-state index contributed by atoms with van der Waals surface area (Å²) >= 11 is 1.85. The molecule has 0 saturated carbocycles. The zero-order valence-corrected chi connectivity index (χ0v) is 22.2. The summed E-state index contributed by atoms with van der Waals surface area (Å²) in [4.78, 5) is 14.2. The van der Waals surface area contributed by atoms with Crippen molar-refractivity contribution in [1.82, 2.24) is 4.98 Å². The van der Waals surface area contributed by atoms with Gasteiger partial charge in [0.25, 0.3) is 0 Å². The van der Waals surface area contributed by atoms with Gasteiger partial charge in [-0.25, -0.2) is 0 Å². The largest absolute Gasteiger partial charge is 0.355 e. The first-order valence-electron chi connectivity index (χ1n) is 12.3. The highest BCUT2D eigenvalue weighted by Gasteiger charge is 2.27. The molecule has 5 aromatic rings. The number of aromatic nitrogens is 1. The molecule has 4 aromatic carbocycles. The minimum Gasteiger partial charge on any atom is -0.355 e. The average molecular weight is 513 g/mol. The van der Waals surface area contributed by atoms with Crippen LogP contribution >= 0.6 is 11.8 Å². The highest BCUT2D eigenvalue weighted by atomic mass is 32.2. The number of fused-ring (bicyclic) bond motifs is 3. The van der Waals surface area contributed by atoms with Gasteiger partial charge >= 0.3 is 0 Å². The fourth-order valence-electron chi connectivity index (χ4n) is 5.10. The fraction of sp³-hybridized carbons (Fsp3) is 0.0645. The number of benzene rings is 4. The Morgan fingerprint density at radius 2 is 1.43 bits per heavy atom. The Kier molecular flexibility index (Phi) is 5.49. The molecule has 4 nitrogen and oxygen atoms in total. The van der Waals surface area contributed by atoms with Crippen LogP contribution in [-0.2, 0) is 0 Å². The zero-order chi connectivity index (χ0) is 24.8. The van der Waals surface area contributed by atoms with E-state index in [9.17, 15) is 0 Å². The monoisotopic (exact) mass is 512 g/mol. The quantitative estimate of drug-likeness (QED) is 0.261. The van der Waals surface area contributed by atoms with Gasteiger partial charge in [-0.15, -0.1) is 0 Å². The Morgan fingerprint density at radius 1 is 0.676 bits per heavy atom. The number of nitrogens with zero attached hydrogens (tertiary/aromatic N) is 4.